The predicted molar refractivity (Wildman–Crippen MR) is 101 cm³/mol. The topological polar surface area (TPSA) is 113 Å². The van der Waals surface area contributed by atoms with Crippen LogP contribution in [0.2, 0.25) is 0 Å². The summed E-state index contributed by atoms with van der Waals surface area (Å²) in [6.45, 7) is 1.91. The van der Waals surface area contributed by atoms with Crippen LogP contribution in [-0.2, 0) is 21.2 Å². The molecule has 1 unspecified atom stereocenters. The smallest absolute Gasteiger partial charge is 0.308 e. The summed E-state index contributed by atoms with van der Waals surface area (Å²) in [4.78, 5) is 23.7. The molecule has 0 radical (unpaired) electrons. The van der Waals surface area contributed by atoms with Crippen LogP contribution < -0.4 is 10.0 Å². The summed E-state index contributed by atoms with van der Waals surface area (Å²) in [7, 11) is -3.58. The van der Waals surface area contributed by atoms with Gasteiger partial charge in [-0.3, -0.25) is 9.59 Å². The third-order valence-corrected chi connectivity index (χ3v) is 5.51. The monoisotopic (exact) mass is 390 g/mol. The summed E-state index contributed by atoms with van der Waals surface area (Å²) in [5, 5.41) is 12.0. The molecule has 8 heteroatoms. The van der Waals surface area contributed by atoms with Gasteiger partial charge in [0.15, 0.2) is 0 Å². The van der Waals surface area contributed by atoms with E-state index in [9.17, 15) is 23.1 Å². The highest BCUT2D eigenvalue weighted by Crippen LogP contribution is 2.12. The summed E-state index contributed by atoms with van der Waals surface area (Å²) in [5.41, 5.74) is 1.13. The number of carboxylic acids is 1. The molecule has 0 fully saturated rings. The van der Waals surface area contributed by atoms with E-state index < -0.39 is 27.8 Å². The lowest BCUT2D eigenvalue weighted by Crippen LogP contribution is -2.34. The van der Waals surface area contributed by atoms with Crippen molar-refractivity contribution < 1.29 is 23.1 Å². The van der Waals surface area contributed by atoms with Crippen molar-refractivity contribution in [2.24, 2.45) is 5.92 Å². The second-order valence-corrected chi connectivity index (χ2v) is 7.73. The molecular weight excluding hydrogens is 368 g/mol. The van der Waals surface area contributed by atoms with Crippen molar-refractivity contribution >= 4 is 21.9 Å². The number of amides is 1. The fourth-order valence-corrected chi connectivity index (χ4v) is 3.56. The van der Waals surface area contributed by atoms with Crippen LogP contribution in [0.3, 0.4) is 0 Å². The van der Waals surface area contributed by atoms with Gasteiger partial charge in [-0.1, -0.05) is 37.3 Å². The number of nitrogens with one attached hydrogen (secondary N) is 2. The van der Waals surface area contributed by atoms with Crippen molar-refractivity contribution in [3.63, 3.8) is 0 Å². The Hall–Kier alpha value is -2.71. The molecule has 0 aromatic heterocycles. The number of rotatable bonds is 9. The van der Waals surface area contributed by atoms with E-state index in [0.29, 0.717) is 6.42 Å². The normalized spacial score (nSPS) is 12.3. The molecule has 1 atom stereocenters. The number of benzene rings is 2. The quantitative estimate of drug-likeness (QED) is 0.603. The Kier molecular flexibility index (Phi) is 7.09. The van der Waals surface area contributed by atoms with Crippen LogP contribution in [-0.4, -0.2) is 38.5 Å². The molecule has 3 N–H and O–H groups in total. The van der Waals surface area contributed by atoms with E-state index in [2.05, 4.69) is 10.0 Å². The van der Waals surface area contributed by atoms with Gasteiger partial charge in [-0.25, -0.2) is 13.1 Å². The van der Waals surface area contributed by atoms with Gasteiger partial charge in [0.2, 0.25) is 10.0 Å². The molecular formula is C19H22N2O5S. The molecule has 2 aromatic carbocycles. The number of carboxylic acid groups (broad SMARTS) is 1. The van der Waals surface area contributed by atoms with Gasteiger partial charge in [-0.2, -0.15) is 0 Å². The Balaban J connectivity index is 2.00. The first-order valence-electron chi connectivity index (χ1n) is 8.48. The van der Waals surface area contributed by atoms with Crippen molar-refractivity contribution in [3.8, 4) is 0 Å². The maximum Gasteiger partial charge on any atom is 0.308 e. The summed E-state index contributed by atoms with van der Waals surface area (Å²) in [6.07, 6.45) is 0.302. The van der Waals surface area contributed by atoms with Gasteiger partial charge in [0.1, 0.15) is 0 Å². The standard InChI is InChI=1S/C19H22N2O5S/c1-2-21-27(25,26)17-10-8-15(9-11-17)18(22)20-13-16(19(23)24)12-14-6-4-3-5-7-14/h3-11,16,21H,2,12-13H2,1H3,(H,20,22)(H,23,24). The zero-order valence-corrected chi connectivity index (χ0v) is 15.7. The van der Waals surface area contributed by atoms with E-state index in [-0.39, 0.29) is 23.5 Å². The van der Waals surface area contributed by atoms with Crippen LogP contribution >= 0.6 is 0 Å². The molecule has 144 valence electrons. The van der Waals surface area contributed by atoms with Gasteiger partial charge in [0.25, 0.3) is 5.91 Å². The maximum absolute atomic E-state index is 12.2. The number of carbonyl (C=O) groups excluding carboxylic acids is 1. The minimum atomic E-state index is -3.58. The van der Waals surface area contributed by atoms with Crippen molar-refractivity contribution in [2.75, 3.05) is 13.1 Å². The van der Waals surface area contributed by atoms with E-state index in [1.54, 1.807) is 6.92 Å². The van der Waals surface area contributed by atoms with Crippen LogP contribution in [0, 0.1) is 5.92 Å². The highest BCUT2D eigenvalue weighted by molar-refractivity contribution is 7.89. The van der Waals surface area contributed by atoms with Gasteiger partial charge in [0.05, 0.1) is 10.8 Å². The summed E-state index contributed by atoms with van der Waals surface area (Å²) < 4.78 is 26.2. The lowest BCUT2D eigenvalue weighted by atomic mass is 9.99. The Morgan fingerprint density at radius 1 is 1.04 bits per heavy atom. The average molecular weight is 390 g/mol. The number of hydrogen-bond donors (Lipinski definition) is 3. The molecule has 2 rings (SSSR count). The van der Waals surface area contributed by atoms with Crippen LogP contribution in [0.1, 0.15) is 22.8 Å². The fraction of sp³-hybridized carbons (Fsp3) is 0.263. The molecule has 1 amide bonds. The van der Waals surface area contributed by atoms with Gasteiger partial charge < -0.3 is 10.4 Å². The van der Waals surface area contributed by atoms with Crippen molar-refractivity contribution in [3.05, 3.63) is 65.7 Å². The zero-order chi connectivity index (χ0) is 19.9. The fourth-order valence-electron chi connectivity index (χ4n) is 2.52. The first kappa shape index (κ1) is 20.6. The van der Waals surface area contributed by atoms with Crippen molar-refractivity contribution in [1.82, 2.24) is 10.0 Å². The third-order valence-electron chi connectivity index (χ3n) is 3.94. The van der Waals surface area contributed by atoms with E-state index in [0.717, 1.165) is 5.56 Å². The molecule has 0 bridgehead atoms. The molecule has 0 saturated heterocycles. The van der Waals surface area contributed by atoms with Gasteiger partial charge in [-0.15, -0.1) is 0 Å². The lowest BCUT2D eigenvalue weighted by Gasteiger charge is -2.14. The molecule has 27 heavy (non-hydrogen) atoms. The molecule has 0 spiro atoms. The first-order chi connectivity index (χ1) is 12.8. The Bertz CT molecular complexity index is 880. The Labute approximate surface area is 158 Å². The van der Waals surface area contributed by atoms with Crippen LogP contribution in [0.15, 0.2) is 59.5 Å². The molecule has 0 aliphatic rings. The van der Waals surface area contributed by atoms with E-state index in [1.165, 1.54) is 24.3 Å². The molecule has 2 aromatic rings. The van der Waals surface area contributed by atoms with E-state index >= 15 is 0 Å². The number of sulfonamides is 1. The van der Waals surface area contributed by atoms with Crippen LogP contribution in [0.5, 0.6) is 0 Å². The number of hydrogen-bond acceptors (Lipinski definition) is 4. The largest absolute Gasteiger partial charge is 0.481 e. The zero-order valence-electron chi connectivity index (χ0n) is 14.9. The Morgan fingerprint density at radius 2 is 1.67 bits per heavy atom. The molecule has 0 heterocycles. The predicted octanol–water partition coefficient (Wildman–Crippen LogP) is 1.66. The SMILES string of the molecule is CCNS(=O)(=O)c1ccc(C(=O)NCC(Cc2ccccc2)C(=O)O)cc1. The van der Waals surface area contributed by atoms with Crippen molar-refractivity contribution in [1.29, 1.82) is 0 Å². The van der Waals surface area contributed by atoms with Gasteiger partial charge >= 0.3 is 5.97 Å². The third kappa shape index (κ3) is 5.90. The summed E-state index contributed by atoms with van der Waals surface area (Å²) >= 11 is 0. The second kappa shape index (κ2) is 9.29. The summed E-state index contributed by atoms with van der Waals surface area (Å²) in [6, 6.07) is 14.6. The molecule has 0 aliphatic carbocycles. The minimum absolute atomic E-state index is 0.0273. The van der Waals surface area contributed by atoms with Crippen molar-refractivity contribution in [2.45, 2.75) is 18.2 Å². The maximum atomic E-state index is 12.2. The van der Waals surface area contributed by atoms with Crippen LogP contribution in [0.25, 0.3) is 0 Å². The first-order valence-corrected chi connectivity index (χ1v) is 9.96. The number of aliphatic carboxylic acids is 1. The molecule has 0 aliphatic heterocycles. The minimum Gasteiger partial charge on any atom is -0.481 e. The van der Waals surface area contributed by atoms with Crippen LogP contribution in [0.4, 0.5) is 0 Å². The van der Waals surface area contributed by atoms with Gasteiger partial charge in [0, 0.05) is 18.7 Å². The molecule has 0 saturated carbocycles. The second-order valence-electron chi connectivity index (χ2n) is 5.96. The lowest BCUT2D eigenvalue weighted by molar-refractivity contribution is -0.141. The average Bonchev–Trinajstić information content (AvgIpc) is 2.65. The van der Waals surface area contributed by atoms with Gasteiger partial charge in [-0.05, 0) is 36.2 Å². The highest BCUT2D eigenvalue weighted by atomic mass is 32.2. The summed E-state index contributed by atoms with van der Waals surface area (Å²) in [5.74, 6) is -2.21. The molecule has 7 nitrogen and oxygen atoms in total. The highest BCUT2D eigenvalue weighted by Gasteiger charge is 2.20. The van der Waals surface area contributed by atoms with E-state index in [4.69, 9.17) is 0 Å². The Morgan fingerprint density at radius 3 is 2.22 bits per heavy atom. The van der Waals surface area contributed by atoms with E-state index in [1.807, 2.05) is 30.3 Å². The number of carbonyl (C=O) groups is 2.